The number of nitrogens with zero attached hydrogens (tertiary/aromatic N) is 1. The summed E-state index contributed by atoms with van der Waals surface area (Å²) in [6, 6.07) is 13.8. The predicted molar refractivity (Wildman–Crippen MR) is 98.4 cm³/mol. The number of hydrogen-bond donors (Lipinski definition) is 1. The van der Waals surface area contributed by atoms with Crippen LogP contribution >= 0.6 is 0 Å². The van der Waals surface area contributed by atoms with Gasteiger partial charge in [-0.1, -0.05) is 29.8 Å². The van der Waals surface area contributed by atoms with Gasteiger partial charge in [0.05, 0.1) is 25.9 Å². The van der Waals surface area contributed by atoms with Crippen LogP contribution in [0.4, 0.5) is 10.5 Å². The van der Waals surface area contributed by atoms with Gasteiger partial charge in [0, 0.05) is 12.6 Å². The van der Waals surface area contributed by atoms with Crippen molar-refractivity contribution in [2.75, 3.05) is 26.1 Å². The molecule has 1 saturated heterocycles. The van der Waals surface area contributed by atoms with E-state index in [1.807, 2.05) is 11.0 Å². The van der Waals surface area contributed by atoms with Crippen molar-refractivity contribution < 1.29 is 14.3 Å². The molecular formula is C20H24N2O3. The van der Waals surface area contributed by atoms with E-state index >= 15 is 0 Å². The molecule has 1 unspecified atom stereocenters. The molecule has 0 aromatic heterocycles. The van der Waals surface area contributed by atoms with Gasteiger partial charge in [-0.3, -0.25) is 0 Å². The Kier molecular flexibility index (Phi) is 5.12. The summed E-state index contributed by atoms with van der Waals surface area (Å²) >= 11 is 0. The van der Waals surface area contributed by atoms with E-state index in [4.69, 9.17) is 9.47 Å². The number of amides is 2. The highest BCUT2D eigenvalue weighted by atomic mass is 16.5. The van der Waals surface area contributed by atoms with Gasteiger partial charge < -0.3 is 19.7 Å². The van der Waals surface area contributed by atoms with Gasteiger partial charge in [0.1, 0.15) is 11.5 Å². The maximum absolute atomic E-state index is 12.8. The fourth-order valence-electron chi connectivity index (χ4n) is 3.32. The Morgan fingerprint density at radius 2 is 2.00 bits per heavy atom. The molecule has 1 fully saturated rings. The van der Waals surface area contributed by atoms with Gasteiger partial charge in [-0.05, 0) is 37.5 Å². The topological polar surface area (TPSA) is 50.8 Å². The number of carbonyl (C=O) groups excluding carboxylic acids is 1. The van der Waals surface area contributed by atoms with Crippen molar-refractivity contribution in [3.63, 3.8) is 0 Å². The summed E-state index contributed by atoms with van der Waals surface area (Å²) in [5.41, 5.74) is 3.04. The Morgan fingerprint density at radius 3 is 2.72 bits per heavy atom. The third-order valence-corrected chi connectivity index (χ3v) is 4.59. The van der Waals surface area contributed by atoms with E-state index in [9.17, 15) is 4.79 Å². The van der Waals surface area contributed by atoms with E-state index in [2.05, 4.69) is 30.4 Å². The Labute approximate surface area is 148 Å². The van der Waals surface area contributed by atoms with Gasteiger partial charge in [0.25, 0.3) is 0 Å². The fourth-order valence-corrected chi connectivity index (χ4v) is 3.32. The first-order valence-electron chi connectivity index (χ1n) is 8.48. The molecule has 25 heavy (non-hydrogen) atoms. The number of ether oxygens (including phenoxy) is 2. The lowest BCUT2D eigenvalue weighted by Gasteiger charge is -2.26. The number of benzene rings is 2. The minimum Gasteiger partial charge on any atom is -0.497 e. The summed E-state index contributed by atoms with van der Waals surface area (Å²) in [4.78, 5) is 14.7. The maximum Gasteiger partial charge on any atom is 0.322 e. The second-order valence-corrected chi connectivity index (χ2v) is 6.26. The highest BCUT2D eigenvalue weighted by molar-refractivity contribution is 5.91. The molecule has 0 aliphatic carbocycles. The van der Waals surface area contributed by atoms with Crippen LogP contribution in [0.3, 0.4) is 0 Å². The summed E-state index contributed by atoms with van der Waals surface area (Å²) in [5.74, 6) is 1.27. The highest BCUT2D eigenvalue weighted by Crippen LogP contribution is 2.34. The molecule has 2 aromatic rings. The number of hydrogen-bond acceptors (Lipinski definition) is 3. The summed E-state index contributed by atoms with van der Waals surface area (Å²) in [5, 5.41) is 2.98. The number of urea groups is 1. The standard InChI is InChI=1S/C20H24N2O3/c1-14-6-4-7-15(12-14)18-8-5-11-22(18)20(23)21-17-10-9-16(24-2)13-19(17)25-3/h4,6-7,9-10,12-13,18H,5,8,11H2,1-3H3,(H,21,23). The fraction of sp³-hybridized carbons (Fsp3) is 0.350. The first-order chi connectivity index (χ1) is 12.1. The lowest BCUT2D eigenvalue weighted by Crippen LogP contribution is -2.34. The molecule has 1 N–H and O–H groups in total. The molecule has 1 aliphatic heterocycles. The Bertz CT molecular complexity index is 760. The second kappa shape index (κ2) is 7.47. The van der Waals surface area contributed by atoms with Gasteiger partial charge >= 0.3 is 6.03 Å². The number of anilines is 1. The quantitative estimate of drug-likeness (QED) is 0.898. The molecule has 1 atom stereocenters. The Balaban J connectivity index is 1.78. The van der Waals surface area contributed by atoms with Gasteiger partial charge in [-0.15, -0.1) is 0 Å². The van der Waals surface area contributed by atoms with Crippen LogP contribution in [0.25, 0.3) is 0 Å². The van der Waals surface area contributed by atoms with E-state index in [0.29, 0.717) is 17.2 Å². The third-order valence-electron chi connectivity index (χ3n) is 4.59. The van der Waals surface area contributed by atoms with Gasteiger partial charge in [0.15, 0.2) is 0 Å². The molecule has 1 aliphatic rings. The van der Waals surface area contributed by atoms with Gasteiger partial charge in [0.2, 0.25) is 0 Å². The molecule has 0 spiro atoms. The summed E-state index contributed by atoms with van der Waals surface area (Å²) in [6.07, 6.45) is 1.99. The average Bonchev–Trinajstić information content (AvgIpc) is 3.12. The molecule has 2 aromatic carbocycles. The van der Waals surface area contributed by atoms with Crippen molar-refractivity contribution in [2.45, 2.75) is 25.8 Å². The number of likely N-dealkylation sites (tertiary alicyclic amines) is 1. The molecule has 2 amide bonds. The van der Waals surface area contributed by atoms with Crippen molar-refractivity contribution in [3.8, 4) is 11.5 Å². The molecule has 132 valence electrons. The molecule has 5 nitrogen and oxygen atoms in total. The van der Waals surface area contributed by atoms with Crippen LogP contribution in [0.5, 0.6) is 11.5 Å². The zero-order valence-corrected chi connectivity index (χ0v) is 14.9. The number of carbonyl (C=O) groups is 1. The summed E-state index contributed by atoms with van der Waals surface area (Å²) < 4.78 is 10.6. The van der Waals surface area contributed by atoms with Crippen molar-refractivity contribution in [1.29, 1.82) is 0 Å². The van der Waals surface area contributed by atoms with Crippen molar-refractivity contribution in [2.24, 2.45) is 0 Å². The van der Waals surface area contributed by atoms with Crippen LogP contribution in [0, 0.1) is 6.92 Å². The van der Waals surface area contributed by atoms with Crippen molar-refractivity contribution in [3.05, 3.63) is 53.6 Å². The van der Waals surface area contributed by atoms with Crippen molar-refractivity contribution in [1.82, 2.24) is 4.90 Å². The van der Waals surface area contributed by atoms with Gasteiger partial charge in [-0.25, -0.2) is 4.79 Å². The van der Waals surface area contributed by atoms with E-state index in [0.717, 1.165) is 19.4 Å². The minimum absolute atomic E-state index is 0.104. The second-order valence-electron chi connectivity index (χ2n) is 6.26. The smallest absolute Gasteiger partial charge is 0.322 e. The average molecular weight is 340 g/mol. The monoisotopic (exact) mass is 340 g/mol. The van der Waals surface area contributed by atoms with Crippen LogP contribution in [0.1, 0.15) is 30.0 Å². The first-order valence-corrected chi connectivity index (χ1v) is 8.48. The molecule has 5 heteroatoms. The molecular weight excluding hydrogens is 316 g/mol. The summed E-state index contributed by atoms with van der Waals surface area (Å²) in [6.45, 7) is 2.83. The molecule has 0 bridgehead atoms. The Morgan fingerprint density at radius 1 is 1.16 bits per heavy atom. The van der Waals surface area contributed by atoms with Gasteiger partial charge in [-0.2, -0.15) is 0 Å². The van der Waals surface area contributed by atoms with Crippen LogP contribution in [0.15, 0.2) is 42.5 Å². The van der Waals surface area contributed by atoms with Crippen LogP contribution in [-0.2, 0) is 0 Å². The number of nitrogens with one attached hydrogen (secondary N) is 1. The Hall–Kier alpha value is -2.69. The molecule has 1 heterocycles. The largest absolute Gasteiger partial charge is 0.497 e. The van der Waals surface area contributed by atoms with E-state index < -0.39 is 0 Å². The number of aryl methyl sites for hydroxylation is 1. The molecule has 0 radical (unpaired) electrons. The minimum atomic E-state index is -0.104. The van der Waals surface area contributed by atoms with Crippen LogP contribution in [0.2, 0.25) is 0 Å². The van der Waals surface area contributed by atoms with Crippen LogP contribution < -0.4 is 14.8 Å². The van der Waals surface area contributed by atoms with E-state index in [-0.39, 0.29) is 12.1 Å². The lowest BCUT2D eigenvalue weighted by atomic mass is 10.0. The lowest BCUT2D eigenvalue weighted by molar-refractivity contribution is 0.207. The molecule has 3 rings (SSSR count). The third kappa shape index (κ3) is 3.71. The maximum atomic E-state index is 12.8. The van der Waals surface area contributed by atoms with E-state index in [1.165, 1.54) is 11.1 Å². The number of methoxy groups -OCH3 is 2. The zero-order valence-electron chi connectivity index (χ0n) is 14.9. The zero-order chi connectivity index (χ0) is 17.8. The summed E-state index contributed by atoms with van der Waals surface area (Å²) in [7, 11) is 3.18. The first kappa shape index (κ1) is 17.1. The van der Waals surface area contributed by atoms with Crippen LogP contribution in [-0.4, -0.2) is 31.7 Å². The normalized spacial score (nSPS) is 16.6. The predicted octanol–water partition coefficient (Wildman–Crippen LogP) is 4.38. The SMILES string of the molecule is COc1ccc(NC(=O)N2CCCC2c2cccc(C)c2)c(OC)c1. The highest BCUT2D eigenvalue weighted by Gasteiger charge is 2.30. The van der Waals surface area contributed by atoms with Crippen molar-refractivity contribution >= 4 is 11.7 Å². The number of rotatable bonds is 4. The molecule has 0 saturated carbocycles. The van der Waals surface area contributed by atoms with E-state index in [1.54, 1.807) is 32.4 Å².